The SMILES string of the molecule is Cc1ccc(C(C)NCC(O)C(F)F)o1. The zero-order valence-electron chi connectivity index (χ0n) is 8.71. The minimum Gasteiger partial charge on any atom is -0.465 e. The van der Waals surface area contributed by atoms with Gasteiger partial charge in [-0.15, -0.1) is 0 Å². The molecule has 0 bridgehead atoms. The van der Waals surface area contributed by atoms with E-state index in [2.05, 4.69) is 5.32 Å². The Balaban J connectivity index is 2.39. The highest BCUT2D eigenvalue weighted by atomic mass is 19.3. The van der Waals surface area contributed by atoms with Gasteiger partial charge < -0.3 is 14.8 Å². The maximum absolute atomic E-state index is 12.0. The highest BCUT2D eigenvalue weighted by Crippen LogP contribution is 2.15. The van der Waals surface area contributed by atoms with Crippen molar-refractivity contribution in [1.82, 2.24) is 5.32 Å². The molecule has 86 valence electrons. The molecule has 1 aromatic heterocycles. The number of aryl methyl sites for hydroxylation is 1. The normalized spacial score (nSPS) is 15.6. The van der Waals surface area contributed by atoms with Gasteiger partial charge in [0.05, 0.1) is 6.04 Å². The summed E-state index contributed by atoms with van der Waals surface area (Å²) in [7, 11) is 0. The number of halogens is 2. The topological polar surface area (TPSA) is 45.4 Å². The number of hydrogen-bond donors (Lipinski definition) is 2. The van der Waals surface area contributed by atoms with Crippen molar-refractivity contribution in [2.75, 3.05) is 6.54 Å². The van der Waals surface area contributed by atoms with Crippen LogP contribution in [0, 0.1) is 6.92 Å². The number of aliphatic hydroxyl groups is 1. The molecule has 1 rings (SSSR count). The lowest BCUT2D eigenvalue weighted by molar-refractivity contribution is -0.00468. The third-order valence-corrected chi connectivity index (χ3v) is 2.11. The van der Waals surface area contributed by atoms with Crippen LogP contribution in [0.1, 0.15) is 24.5 Å². The molecule has 1 heterocycles. The zero-order valence-corrected chi connectivity index (χ0v) is 8.71. The predicted octanol–water partition coefficient (Wildman–Crippen LogP) is 1.86. The molecule has 0 saturated carbocycles. The van der Waals surface area contributed by atoms with Crippen molar-refractivity contribution in [3.8, 4) is 0 Å². The van der Waals surface area contributed by atoms with E-state index >= 15 is 0 Å². The molecule has 0 radical (unpaired) electrons. The fourth-order valence-corrected chi connectivity index (χ4v) is 1.17. The van der Waals surface area contributed by atoms with Crippen LogP contribution in [0.15, 0.2) is 16.5 Å². The molecule has 0 aromatic carbocycles. The second-order valence-electron chi connectivity index (χ2n) is 3.48. The Hall–Kier alpha value is -0.940. The molecule has 0 amide bonds. The van der Waals surface area contributed by atoms with E-state index in [0.29, 0.717) is 5.76 Å². The molecule has 0 aliphatic heterocycles. The molecular weight excluding hydrogens is 204 g/mol. The molecule has 3 nitrogen and oxygen atoms in total. The van der Waals surface area contributed by atoms with Gasteiger partial charge in [0.15, 0.2) is 0 Å². The third kappa shape index (κ3) is 3.60. The molecule has 0 aliphatic carbocycles. The second kappa shape index (κ2) is 5.23. The molecule has 15 heavy (non-hydrogen) atoms. The van der Waals surface area contributed by atoms with Crippen molar-refractivity contribution in [3.05, 3.63) is 23.7 Å². The molecule has 0 saturated heterocycles. The Morgan fingerprint density at radius 3 is 2.60 bits per heavy atom. The zero-order chi connectivity index (χ0) is 11.4. The molecule has 0 aliphatic rings. The van der Waals surface area contributed by atoms with Gasteiger partial charge in [-0.05, 0) is 26.0 Å². The minimum absolute atomic E-state index is 0.154. The summed E-state index contributed by atoms with van der Waals surface area (Å²) >= 11 is 0. The minimum atomic E-state index is -2.72. The van der Waals surface area contributed by atoms with Crippen molar-refractivity contribution >= 4 is 0 Å². The molecule has 2 unspecified atom stereocenters. The van der Waals surface area contributed by atoms with Crippen molar-refractivity contribution in [2.24, 2.45) is 0 Å². The Bertz CT molecular complexity index is 301. The van der Waals surface area contributed by atoms with Crippen LogP contribution in [0.4, 0.5) is 8.78 Å². The maximum atomic E-state index is 12.0. The van der Waals surface area contributed by atoms with Crippen LogP contribution in [0.25, 0.3) is 0 Å². The van der Waals surface area contributed by atoms with Gasteiger partial charge in [-0.2, -0.15) is 0 Å². The Kier molecular flexibility index (Phi) is 4.23. The largest absolute Gasteiger partial charge is 0.465 e. The van der Waals surface area contributed by atoms with Gasteiger partial charge in [-0.3, -0.25) is 0 Å². The summed E-state index contributed by atoms with van der Waals surface area (Å²) < 4.78 is 29.3. The van der Waals surface area contributed by atoms with Crippen molar-refractivity contribution in [1.29, 1.82) is 0 Å². The van der Waals surface area contributed by atoms with E-state index in [-0.39, 0.29) is 12.6 Å². The lowest BCUT2D eigenvalue weighted by Crippen LogP contribution is -2.33. The van der Waals surface area contributed by atoms with Crippen LogP contribution in [0.2, 0.25) is 0 Å². The second-order valence-corrected chi connectivity index (χ2v) is 3.48. The molecule has 0 fully saturated rings. The summed E-state index contributed by atoms with van der Waals surface area (Å²) in [5, 5.41) is 11.7. The monoisotopic (exact) mass is 219 g/mol. The summed E-state index contributed by atoms with van der Waals surface area (Å²) in [6, 6.07) is 3.39. The summed E-state index contributed by atoms with van der Waals surface area (Å²) in [5.74, 6) is 1.45. The number of nitrogens with one attached hydrogen (secondary N) is 1. The summed E-state index contributed by atoms with van der Waals surface area (Å²) in [4.78, 5) is 0. The highest BCUT2D eigenvalue weighted by Gasteiger charge is 2.18. The third-order valence-electron chi connectivity index (χ3n) is 2.11. The van der Waals surface area contributed by atoms with Gasteiger partial charge in [0.1, 0.15) is 17.6 Å². The van der Waals surface area contributed by atoms with Crippen molar-refractivity contribution < 1.29 is 18.3 Å². The number of aliphatic hydroxyl groups excluding tert-OH is 1. The van der Waals surface area contributed by atoms with Crippen LogP contribution in [0.5, 0.6) is 0 Å². The first-order valence-electron chi connectivity index (χ1n) is 4.76. The van der Waals surface area contributed by atoms with Gasteiger partial charge in [0.2, 0.25) is 0 Å². The van der Waals surface area contributed by atoms with E-state index in [1.54, 1.807) is 19.1 Å². The lowest BCUT2D eigenvalue weighted by atomic mass is 10.2. The van der Waals surface area contributed by atoms with Gasteiger partial charge in [-0.25, -0.2) is 8.78 Å². The molecule has 5 heteroatoms. The van der Waals surface area contributed by atoms with E-state index < -0.39 is 12.5 Å². The number of rotatable bonds is 5. The Morgan fingerprint density at radius 2 is 2.13 bits per heavy atom. The van der Waals surface area contributed by atoms with Gasteiger partial charge in [0, 0.05) is 6.54 Å². The number of alkyl halides is 2. The first kappa shape index (κ1) is 12.1. The smallest absolute Gasteiger partial charge is 0.265 e. The lowest BCUT2D eigenvalue weighted by Gasteiger charge is -2.14. The van der Waals surface area contributed by atoms with Crippen LogP contribution < -0.4 is 5.32 Å². The summed E-state index contributed by atoms with van der Waals surface area (Å²) in [5.41, 5.74) is 0. The molecule has 2 N–H and O–H groups in total. The van der Waals surface area contributed by atoms with Crippen LogP contribution in [0.3, 0.4) is 0 Å². The average molecular weight is 219 g/mol. The van der Waals surface area contributed by atoms with Gasteiger partial charge >= 0.3 is 0 Å². The fourth-order valence-electron chi connectivity index (χ4n) is 1.17. The molecule has 1 aromatic rings. The van der Waals surface area contributed by atoms with E-state index in [9.17, 15) is 8.78 Å². The van der Waals surface area contributed by atoms with E-state index in [0.717, 1.165) is 5.76 Å². The molecule has 2 atom stereocenters. The Morgan fingerprint density at radius 1 is 1.47 bits per heavy atom. The quantitative estimate of drug-likeness (QED) is 0.794. The summed E-state index contributed by atoms with van der Waals surface area (Å²) in [6.07, 6.45) is -4.36. The number of furan rings is 1. The van der Waals surface area contributed by atoms with E-state index in [1.165, 1.54) is 0 Å². The summed E-state index contributed by atoms with van der Waals surface area (Å²) in [6.45, 7) is 3.44. The van der Waals surface area contributed by atoms with E-state index in [4.69, 9.17) is 9.52 Å². The molecule has 0 spiro atoms. The maximum Gasteiger partial charge on any atom is 0.265 e. The van der Waals surface area contributed by atoms with Crippen LogP contribution >= 0.6 is 0 Å². The average Bonchev–Trinajstić information content (AvgIpc) is 2.60. The number of hydrogen-bond acceptors (Lipinski definition) is 3. The molecular formula is C10H15F2NO2. The highest BCUT2D eigenvalue weighted by molar-refractivity contribution is 5.08. The first-order valence-corrected chi connectivity index (χ1v) is 4.76. The fraction of sp³-hybridized carbons (Fsp3) is 0.600. The Labute approximate surface area is 87.1 Å². The van der Waals surface area contributed by atoms with E-state index in [1.807, 2.05) is 6.92 Å². The van der Waals surface area contributed by atoms with Crippen LogP contribution in [-0.4, -0.2) is 24.2 Å². The van der Waals surface area contributed by atoms with Crippen molar-refractivity contribution in [2.45, 2.75) is 32.4 Å². The first-order chi connectivity index (χ1) is 7.00. The van der Waals surface area contributed by atoms with Crippen LogP contribution in [-0.2, 0) is 0 Å². The standard InChI is InChI=1S/C10H15F2NO2/c1-6-3-4-9(15-6)7(2)13-5-8(14)10(11)12/h3-4,7-8,10,13-14H,5H2,1-2H3. The van der Waals surface area contributed by atoms with Gasteiger partial charge in [-0.1, -0.05) is 0 Å². The van der Waals surface area contributed by atoms with Crippen molar-refractivity contribution in [3.63, 3.8) is 0 Å². The predicted molar refractivity (Wildman–Crippen MR) is 51.9 cm³/mol. The van der Waals surface area contributed by atoms with Gasteiger partial charge in [0.25, 0.3) is 6.43 Å².